The number of thioether (sulfide) groups is 1. The van der Waals surface area contributed by atoms with Gasteiger partial charge in [0, 0.05) is 18.3 Å². The van der Waals surface area contributed by atoms with E-state index in [1.165, 1.54) is 18.6 Å². The Morgan fingerprint density at radius 2 is 2.19 bits per heavy atom. The molecule has 6 heteroatoms. The molecule has 5 nitrogen and oxygen atoms in total. The van der Waals surface area contributed by atoms with Crippen LogP contribution < -0.4 is 5.32 Å². The van der Waals surface area contributed by atoms with Crippen molar-refractivity contribution in [1.82, 2.24) is 10.2 Å². The average Bonchev–Trinajstić information content (AvgIpc) is 2.91. The number of carbonyl (C=O) groups excluding carboxylic acids is 1. The molecule has 2 unspecified atom stereocenters. The largest absolute Gasteiger partial charge is 0.479 e. The van der Waals surface area contributed by atoms with Gasteiger partial charge in [0.15, 0.2) is 0 Å². The highest BCUT2D eigenvalue weighted by atomic mass is 32.2. The summed E-state index contributed by atoms with van der Waals surface area (Å²) in [5.74, 6) is 0.308. The van der Waals surface area contributed by atoms with Gasteiger partial charge in [0.25, 0.3) is 0 Å². The smallest absolute Gasteiger partial charge is 0.329 e. The molecule has 0 saturated carbocycles. The lowest BCUT2D eigenvalue weighted by Gasteiger charge is -2.35. The Morgan fingerprint density at radius 3 is 2.81 bits per heavy atom. The molecule has 2 saturated heterocycles. The molecule has 0 aromatic carbocycles. The molecule has 2 N–H and O–H groups in total. The number of hydrogen-bond acceptors (Lipinski definition) is 3. The van der Waals surface area contributed by atoms with E-state index in [0.717, 1.165) is 19.3 Å². The summed E-state index contributed by atoms with van der Waals surface area (Å²) in [5, 5.41) is 13.1. The van der Waals surface area contributed by atoms with Crippen LogP contribution in [0.3, 0.4) is 0 Å². The molecule has 0 bridgehead atoms. The van der Waals surface area contributed by atoms with E-state index in [0.29, 0.717) is 31.2 Å². The molecule has 120 valence electrons. The summed E-state index contributed by atoms with van der Waals surface area (Å²) in [6, 6.07) is -0.200. The van der Waals surface area contributed by atoms with Crippen LogP contribution in [0.1, 0.15) is 51.9 Å². The van der Waals surface area contributed by atoms with Crippen LogP contribution in [0.25, 0.3) is 0 Å². The van der Waals surface area contributed by atoms with Crippen LogP contribution in [0, 0.1) is 0 Å². The minimum atomic E-state index is -0.988. The lowest BCUT2D eigenvalue weighted by atomic mass is 9.91. The molecule has 21 heavy (non-hydrogen) atoms. The normalized spacial score (nSPS) is 29.4. The zero-order valence-corrected chi connectivity index (χ0v) is 13.6. The number of carboxylic acid groups (broad SMARTS) is 1. The first-order valence-electron chi connectivity index (χ1n) is 8.00. The number of rotatable bonds is 5. The van der Waals surface area contributed by atoms with Gasteiger partial charge in [-0.25, -0.2) is 9.59 Å². The Balaban J connectivity index is 1.94. The molecule has 0 aliphatic carbocycles. The fourth-order valence-electron chi connectivity index (χ4n) is 3.44. The van der Waals surface area contributed by atoms with Crippen molar-refractivity contribution in [2.45, 2.75) is 62.7 Å². The number of nitrogens with one attached hydrogen (secondary N) is 1. The van der Waals surface area contributed by atoms with E-state index in [2.05, 4.69) is 5.32 Å². The van der Waals surface area contributed by atoms with Gasteiger partial charge in [-0.2, -0.15) is 11.8 Å². The Kier molecular flexibility index (Phi) is 5.79. The Morgan fingerprint density at radius 1 is 1.38 bits per heavy atom. The summed E-state index contributed by atoms with van der Waals surface area (Å²) in [4.78, 5) is 25.7. The number of aliphatic carboxylic acids is 1. The number of carboxylic acids is 1. The minimum absolute atomic E-state index is 0.200. The van der Waals surface area contributed by atoms with Crippen molar-refractivity contribution in [3.8, 4) is 0 Å². The summed E-state index contributed by atoms with van der Waals surface area (Å²) in [7, 11) is 0. The molecule has 0 aromatic heterocycles. The number of likely N-dealkylation sites (tertiary alicyclic amines) is 1. The van der Waals surface area contributed by atoms with E-state index in [9.17, 15) is 14.7 Å². The van der Waals surface area contributed by atoms with Crippen molar-refractivity contribution in [2.24, 2.45) is 0 Å². The summed E-state index contributed by atoms with van der Waals surface area (Å²) < 4.78 is 0. The summed E-state index contributed by atoms with van der Waals surface area (Å²) >= 11 is 1.91. The molecule has 0 aromatic rings. The number of urea groups is 1. The second kappa shape index (κ2) is 7.38. The SMILES string of the molecule is CCCC1(C(=O)O)CCCN1C(=O)NCC1CCCCS1. The maximum absolute atomic E-state index is 12.4. The third-order valence-electron chi connectivity index (χ3n) is 4.55. The van der Waals surface area contributed by atoms with Crippen LogP contribution >= 0.6 is 11.8 Å². The van der Waals surface area contributed by atoms with Crippen LogP contribution in [0.5, 0.6) is 0 Å². The van der Waals surface area contributed by atoms with E-state index in [4.69, 9.17) is 0 Å². The van der Waals surface area contributed by atoms with Crippen LogP contribution in [-0.2, 0) is 4.79 Å². The lowest BCUT2D eigenvalue weighted by Crippen LogP contribution is -2.56. The van der Waals surface area contributed by atoms with Gasteiger partial charge in [-0.1, -0.05) is 19.8 Å². The van der Waals surface area contributed by atoms with E-state index in [1.54, 1.807) is 4.90 Å². The Hall–Kier alpha value is -0.910. The van der Waals surface area contributed by atoms with Crippen LogP contribution in [-0.4, -0.2) is 51.6 Å². The molecule has 0 spiro atoms. The third-order valence-corrected chi connectivity index (χ3v) is 5.95. The number of hydrogen-bond donors (Lipinski definition) is 2. The lowest BCUT2D eigenvalue weighted by molar-refractivity contribution is -0.148. The van der Waals surface area contributed by atoms with Gasteiger partial charge in [-0.05, 0) is 37.9 Å². The van der Waals surface area contributed by atoms with Crippen molar-refractivity contribution in [3.05, 3.63) is 0 Å². The van der Waals surface area contributed by atoms with Gasteiger partial charge in [-0.3, -0.25) is 0 Å². The van der Waals surface area contributed by atoms with Gasteiger partial charge >= 0.3 is 12.0 Å². The topological polar surface area (TPSA) is 69.6 Å². The first-order valence-corrected chi connectivity index (χ1v) is 9.05. The third kappa shape index (κ3) is 3.65. The van der Waals surface area contributed by atoms with E-state index < -0.39 is 11.5 Å². The first-order chi connectivity index (χ1) is 10.1. The molecule has 2 aliphatic heterocycles. The van der Waals surface area contributed by atoms with Gasteiger partial charge in [0.1, 0.15) is 5.54 Å². The van der Waals surface area contributed by atoms with Gasteiger partial charge in [-0.15, -0.1) is 0 Å². The van der Waals surface area contributed by atoms with Gasteiger partial charge < -0.3 is 15.3 Å². The standard InChI is InChI=1S/C15H26N2O3S/c1-2-7-15(13(18)19)8-5-9-17(15)14(20)16-11-12-6-3-4-10-21-12/h12H,2-11H2,1H3,(H,16,20)(H,18,19). The van der Waals surface area contributed by atoms with Gasteiger partial charge in [0.05, 0.1) is 0 Å². The van der Waals surface area contributed by atoms with Crippen molar-refractivity contribution in [2.75, 3.05) is 18.8 Å². The van der Waals surface area contributed by atoms with Crippen molar-refractivity contribution >= 4 is 23.8 Å². The number of nitrogens with zero attached hydrogens (tertiary/aromatic N) is 1. The zero-order chi connectivity index (χ0) is 15.3. The highest BCUT2D eigenvalue weighted by Gasteiger charge is 2.49. The van der Waals surface area contributed by atoms with Gasteiger partial charge in [0.2, 0.25) is 0 Å². The molecule has 2 heterocycles. The van der Waals surface area contributed by atoms with Crippen molar-refractivity contribution in [1.29, 1.82) is 0 Å². The molecule has 2 rings (SSSR count). The quantitative estimate of drug-likeness (QED) is 0.818. The highest BCUT2D eigenvalue weighted by Crippen LogP contribution is 2.34. The molecule has 2 fully saturated rings. The number of carbonyl (C=O) groups is 2. The highest BCUT2D eigenvalue weighted by molar-refractivity contribution is 7.99. The summed E-state index contributed by atoms with van der Waals surface area (Å²) in [6.45, 7) is 3.18. The molecular weight excluding hydrogens is 288 g/mol. The Labute approximate surface area is 130 Å². The van der Waals surface area contributed by atoms with E-state index in [-0.39, 0.29) is 6.03 Å². The molecule has 2 amide bonds. The minimum Gasteiger partial charge on any atom is -0.479 e. The fraction of sp³-hybridized carbons (Fsp3) is 0.867. The summed E-state index contributed by atoms with van der Waals surface area (Å²) in [6.07, 6.45) is 6.29. The molecule has 2 aliphatic rings. The van der Waals surface area contributed by atoms with Crippen LogP contribution in [0.2, 0.25) is 0 Å². The predicted octanol–water partition coefficient (Wildman–Crippen LogP) is 2.70. The van der Waals surface area contributed by atoms with E-state index >= 15 is 0 Å². The van der Waals surface area contributed by atoms with Crippen molar-refractivity contribution in [3.63, 3.8) is 0 Å². The second-order valence-corrected chi connectivity index (χ2v) is 7.42. The molecule has 2 atom stereocenters. The Bertz CT molecular complexity index is 385. The fourth-order valence-corrected chi connectivity index (χ4v) is 4.68. The second-order valence-electron chi connectivity index (χ2n) is 6.02. The number of amides is 2. The zero-order valence-electron chi connectivity index (χ0n) is 12.8. The predicted molar refractivity (Wildman–Crippen MR) is 84.7 cm³/mol. The monoisotopic (exact) mass is 314 g/mol. The first kappa shape index (κ1) is 16.5. The van der Waals surface area contributed by atoms with Crippen LogP contribution in [0.4, 0.5) is 4.79 Å². The maximum Gasteiger partial charge on any atom is 0.329 e. The maximum atomic E-state index is 12.4. The molecular formula is C15H26N2O3S. The summed E-state index contributed by atoms with van der Waals surface area (Å²) in [5.41, 5.74) is -0.988. The average molecular weight is 314 g/mol. The molecule has 0 radical (unpaired) electrons. The van der Waals surface area contributed by atoms with E-state index in [1.807, 2.05) is 18.7 Å². The van der Waals surface area contributed by atoms with Crippen molar-refractivity contribution < 1.29 is 14.7 Å². The van der Waals surface area contributed by atoms with Crippen LogP contribution in [0.15, 0.2) is 0 Å².